The Bertz CT molecular complexity index is 513. The van der Waals surface area contributed by atoms with Gasteiger partial charge in [0.15, 0.2) is 5.82 Å². The van der Waals surface area contributed by atoms with E-state index in [9.17, 15) is 4.79 Å². The van der Waals surface area contributed by atoms with Crippen molar-refractivity contribution in [3.05, 3.63) is 24.2 Å². The van der Waals surface area contributed by atoms with Gasteiger partial charge in [-0.15, -0.1) is 5.10 Å². The first-order valence-electron chi connectivity index (χ1n) is 5.54. The highest BCUT2D eigenvalue weighted by Crippen LogP contribution is 2.30. The smallest absolute Gasteiger partial charge is 0.260 e. The number of H-pyrrole nitrogens is 1. The number of aromatic amines is 1. The molecule has 7 heteroatoms. The number of hydrogen-bond acceptors (Lipinski definition) is 4. The molecule has 1 amide bonds. The van der Waals surface area contributed by atoms with Crippen LogP contribution in [0.15, 0.2) is 18.6 Å². The fourth-order valence-corrected chi connectivity index (χ4v) is 1.76. The molecule has 1 fully saturated rings. The van der Waals surface area contributed by atoms with Crippen LogP contribution in [0.25, 0.3) is 0 Å². The average molecular weight is 232 g/mol. The van der Waals surface area contributed by atoms with Gasteiger partial charge < -0.3 is 5.32 Å². The zero-order valence-electron chi connectivity index (χ0n) is 9.13. The fraction of sp³-hybridized carbons (Fsp3) is 0.400. The van der Waals surface area contributed by atoms with Crippen LogP contribution in [-0.4, -0.2) is 31.1 Å². The van der Waals surface area contributed by atoms with E-state index in [0.29, 0.717) is 17.4 Å². The number of carbonyl (C=O) groups excluding carboxylic acids is 1. The second kappa shape index (κ2) is 4.00. The quantitative estimate of drug-likeness (QED) is 0.825. The molecule has 0 aromatic carbocycles. The molecule has 0 atom stereocenters. The molecular formula is C10H12N6O. The third kappa shape index (κ3) is 1.91. The summed E-state index contributed by atoms with van der Waals surface area (Å²) in [6.07, 6.45) is 8.34. The molecule has 88 valence electrons. The van der Waals surface area contributed by atoms with Crippen molar-refractivity contribution in [3.63, 3.8) is 0 Å². The predicted octanol–water partition coefficient (Wildman–Crippen LogP) is 0.978. The lowest BCUT2D eigenvalue weighted by molar-refractivity contribution is 0.102. The van der Waals surface area contributed by atoms with Crippen molar-refractivity contribution in [3.8, 4) is 0 Å². The van der Waals surface area contributed by atoms with Crippen LogP contribution >= 0.6 is 0 Å². The third-order valence-electron chi connectivity index (χ3n) is 2.97. The van der Waals surface area contributed by atoms with Crippen molar-refractivity contribution in [1.29, 1.82) is 0 Å². The number of hydrogen-bond donors (Lipinski definition) is 2. The first-order chi connectivity index (χ1) is 8.33. The molecular weight excluding hydrogens is 220 g/mol. The van der Waals surface area contributed by atoms with Crippen molar-refractivity contribution >= 4 is 11.7 Å². The van der Waals surface area contributed by atoms with E-state index >= 15 is 0 Å². The topological polar surface area (TPSA) is 88.5 Å². The summed E-state index contributed by atoms with van der Waals surface area (Å²) in [5.74, 6) is 0.191. The van der Waals surface area contributed by atoms with Crippen LogP contribution in [0, 0.1) is 0 Å². The van der Waals surface area contributed by atoms with E-state index in [0.717, 1.165) is 12.8 Å². The highest BCUT2D eigenvalue weighted by molar-refractivity contribution is 6.03. The van der Waals surface area contributed by atoms with Crippen molar-refractivity contribution in [1.82, 2.24) is 25.2 Å². The molecule has 3 rings (SSSR count). The normalized spacial score (nSPS) is 15.5. The molecule has 2 N–H and O–H groups in total. The van der Waals surface area contributed by atoms with Gasteiger partial charge in [-0.2, -0.15) is 15.4 Å². The summed E-state index contributed by atoms with van der Waals surface area (Å²) in [5, 5.41) is 16.6. The molecule has 1 aliphatic rings. The summed E-state index contributed by atoms with van der Waals surface area (Å²) in [4.78, 5) is 11.8. The van der Waals surface area contributed by atoms with E-state index in [1.54, 1.807) is 12.4 Å². The molecule has 0 unspecified atom stereocenters. The van der Waals surface area contributed by atoms with Gasteiger partial charge in [0.1, 0.15) is 0 Å². The monoisotopic (exact) mass is 232 g/mol. The zero-order valence-corrected chi connectivity index (χ0v) is 9.13. The Kier molecular flexibility index (Phi) is 2.36. The summed E-state index contributed by atoms with van der Waals surface area (Å²) in [6, 6.07) is 0.462. The van der Waals surface area contributed by atoms with Gasteiger partial charge in [-0.25, -0.2) is 0 Å². The molecule has 0 saturated heterocycles. The van der Waals surface area contributed by atoms with Gasteiger partial charge in [-0.1, -0.05) is 0 Å². The maximum Gasteiger partial charge on any atom is 0.260 e. The highest BCUT2D eigenvalue weighted by Gasteiger charge is 2.21. The largest absolute Gasteiger partial charge is 0.304 e. The van der Waals surface area contributed by atoms with Crippen LogP contribution in [0.4, 0.5) is 5.82 Å². The first kappa shape index (κ1) is 10.0. The lowest BCUT2D eigenvalue weighted by atomic mass is 9.93. The molecule has 0 aliphatic heterocycles. The molecule has 1 saturated carbocycles. The minimum atomic E-state index is -0.218. The van der Waals surface area contributed by atoms with Crippen LogP contribution in [0.1, 0.15) is 35.7 Å². The molecule has 0 radical (unpaired) electrons. The summed E-state index contributed by atoms with van der Waals surface area (Å²) in [6.45, 7) is 0. The van der Waals surface area contributed by atoms with Gasteiger partial charge in [0.25, 0.3) is 5.91 Å². The predicted molar refractivity (Wildman–Crippen MR) is 59.5 cm³/mol. The summed E-state index contributed by atoms with van der Waals surface area (Å²) in [7, 11) is 0. The lowest BCUT2D eigenvalue weighted by Gasteiger charge is -2.25. The fourth-order valence-electron chi connectivity index (χ4n) is 1.76. The first-order valence-corrected chi connectivity index (χ1v) is 5.54. The van der Waals surface area contributed by atoms with Crippen LogP contribution in [-0.2, 0) is 0 Å². The second-order valence-electron chi connectivity index (χ2n) is 4.10. The number of amides is 1. The van der Waals surface area contributed by atoms with E-state index in [1.807, 2.05) is 4.68 Å². The molecule has 17 heavy (non-hydrogen) atoms. The molecule has 0 bridgehead atoms. The standard InChI is InChI=1S/C10H12N6O/c17-10(13-9-5-11-15-14-9)7-4-12-16(6-7)8-2-1-3-8/h4-6,8H,1-3H2,(H2,11,13,14,15,17). The average Bonchev–Trinajstić information content (AvgIpc) is 2.85. The van der Waals surface area contributed by atoms with Crippen molar-refractivity contribution in [2.45, 2.75) is 25.3 Å². The molecule has 0 spiro atoms. The van der Waals surface area contributed by atoms with Gasteiger partial charge in [0, 0.05) is 6.20 Å². The van der Waals surface area contributed by atoms with Crippen molar-refractivity contribution < 1.29 is 4.79 Å². The van der Waals surface area contributed by atoms with Crippen LogP contribution in [0.3, 0.4) is 0 Å². The van der Waals surface area contributed by atoms with E-state index in [-0.39, 0.29) is 5.91 Å². The molecule has 2 aromatic rings. The number of nitrogens with zero attached hydrogens (tertiary/aromatic N) is 4. The summed E-state index contributed by atoms with van der Waals surface area (Å²) >= 11 is 0. The van der Waals surface area contributed by atoms with Gasteiger partial charge >= 0.3 is 0 Å². The Morgan fingerprint density at radius 2 is 2.35 bits per heavy atom. The minimum Gasteiger partial charge on any atom is -0.304 e. The third-order valence-corrected chi connectivity index (χ3v) is 2.97. The maximum absolute atomic E-state index is 11.8. The van der Waals surface area contributed by atoms with Crippen LogP contribution < -0.4 is 5.32 Å². The number of rotatable bonds is 3. The second-order valence-corrected chi connectivity index (χ2v) is 4.10. The Morgan fingerprint density at radius 3 is 3.00 bits per heavy atom. The van der Waals surface area contributed by atoms with Gasteiger partial charge in [0.2, 0.25) is 0 Å². The van der Waals surface area contributed by atoms with E-state index in [4.69, 9.17) is 0 Å². The van der Waals surface area contributed by atoms with E-state index < -0.39 is 0 Å². The molecule has 1 aliphatic carbocycles. The number of anilines is 1. The lowest BCUT2D eigenvalue weighted by Crippen LogP contribution is -2.17. The Hall–Kier alpha value is -2.18. The molecule has 7 nitrogen and oxygen atoms in total. The van der Waals surface area contributed by atoms with Gasteiger partial charge in [-0.3, -0.25) is 9.48 Å². The number of nitrogens with one attached hydrogen (secondary N) is 2. The Labute approximate surface area is 97.2 Å². The highest BCUT2D eigenvalue weighted by atomic mass is 16.1. The Balaban J connectivity index is 1.70. The van der Waals surface area contributed by atoms with Gasteiger partial charge in [-0.05, 0) is 19.3 Å². The zero-order chi connectivity index (χ0) is 11.7. The van der Waals surface area contributed by atoms with Gasteiger partial charge in [0.05, 0.1) is 24.0 Å². The minimum absolute atomic E-state index is 0.218. The Morgan fingerprint density at radius 1 is 1.47 bits per heavy atom. The van der Waals surface area contributed by atoms with Crippen molar-refractivity contribution in [2.75, 3.05) is 5.32 Å². The van der Waals surface area contributed by atoms with Crippen LogP contribution in [0.5, 0.6) is 0 Å². The SMILES string of the molecule is O=C(Nc1cn[nH]n1)c1cnn(C2CCC2)c1. The van der Waals surface area contributed by atoms with E-state index in [2.05, 4.69) is 25.8 Å². The molecule has 2 heterocycles. The van der Waals surface area contributed by atoms with Crippen molar-refractivity contribution in [2.24, 2.45) is 0 Å². The summed E-state index contributed by atoms with van der Waals surface area (Å²) < 4.78 is 1.86. The maximum atomic E-state index is 11.8. The number of aromatic nitrogens is 5. The number of carbonyl (C=O) groups is 1. The van der Waals surface area contributed by atoms with Crippen LogP contribution in [0.2, 0.25) is 0 Å². The van der Waals surface area contributed by atoms with E-state index in [1.165, 1.54) is 12.6 Å². The molecule has 2 aromatic heterocycles. The summed E-state index contributed by atoms with van der Waals surface area (Å²) in [5.41, 5.74) is 0.542.